The van der Waals surface area contributed by atoms with Crippen LogP contribution in [0.1, 0.15) is 44.1 Å². The predicted octanol–water partition coefficient (Wildman–Crippen LogP) is 3.81. The molecule has 1 N–H and O–H groups in total. The average Bonchev–Trinajstić information content (AvgIpc) is 3.46. The number of likely N-dealkylation sites (tertiary alicyclic amines) is 1. The van der Waals surface area contributed by atoms with Crippen LogP contribution >= 0.6 is 24.0 Å². The summed E-state index contributed by atoms with van der Waals surface area (Å²) in [6, 6.07) is 8.53. The molecule has 3 aliphatic rings. The van der Waals surface area contributed by atoms with Gasteiger partial charge in [-0.15, -0.1) is 24.0 Å². The van der Waals surface area contributed by atoms with Gasteiger partial charge in [0.15, 0.2) is 5.96 Å². The largest absolute Gasteiger partial charge is 0.496 e. The average molecular weight is 499 g/mol. The number of guanidine groups is 1. The lowest BCUT2D eigenvalue weighted by atomic mass is 9.78. The van der Waals surface area contributed by atoms with Crippen LogP contribution in [0.5, 0.6) is 5.75 Å². The predicted molar refractivity (Wildman–Crippen MR) is 124 cm³/mol. The molecule has 0 aromatic heterocycles. The first kappa shape index (κ1) is 21.7. The monoisotopic (exact) mass is 499 g/mol. The van der Waals surface area contributed by atoms with Crippen molar-refractivity contribution in [3.8, 4) is 5.75 Å². The summed E-state index contributed by atoms with van der Waals surface area (Å²) in [6.07, 6.45) is 7.37. The third-order valence-corrected chi connectivity index (χ3v) is 6.96. The Morgan fingerprint density at radius 3 is 2.68 bits per heavy atom. The van der Waals surface area contributed by atoms with E-state index in [1.807, 2.05) is 7.05 Å². The molecule has 4 rings (SSSR count). The number of rotatable bonds is 4. The van der Waals surface area contributed by atoms with Gasteiger partial charge in [0.25, 0.3) is 0 Å². The zero-order valence-electron chi connectivity index (χ0n) is 17.2. The van der Waals surface area contributed by atoms with Crippen LogP contribution in [0.4, 0.5) is 0 Å². The Morgan fingerprint density at radius 2 is 2.00 bits per heavy atom. The van der Waals surface area contributed by atoms with Crippen molar-refractivity contribution in [2.45, 2.75) is 43.9 Å². The molecule has 5 nitrogen and oxygen atoms in total. The molecule has 2 heterocycles. The number of aliphatic imine (C=N–C) groups is 1. The fourth-order valence-corrected chi connectivity index (χ4v) is 5.34. The van der Waals surface area contributed by atoms with Gasteiger partial charge in [0, 0.05) is 49.7 Å². The first-order valence-electron chi connectivity index (χ1n) is 10.4. The molecule has 3 fully saturated rings. The molecular weight excluding hydrogens is 465 g/mol. The first-order valence-corrected chi connectivity index (χ1v) is 10.4. The molecule has 6 heteroatoms. The molecule has 1 unspecified atom stereocenters. The number of hydrogen-bond donors (Lipinski definition) is 1. The van der Waals surface area contributed by atoms with Crippen molar-refractivity contribution in [1.29, 1.82) is 0 Å². The smallest absolute Gasteiger partial charge is 0.193 e. The van der Waals surface area contributed by atoms with Crippen LogP contribution in [0.3, 0.4) is 0 Å². The number of hydrogen-bond acceptors (Lipinski definition) is 3. The van der Waals surface area contributed by atoms with E-state index in [0.717, 1.165) is 44.6 Å². The second kappa shape index (κ2) is 9.20. The van der Waals surface area contributed by atoms with Crippen LogP contribution < -0.4 is 10.1 Å². The Morgan fingerprint density at radius 1 is 1.21 bits per heavy atom. The maximum Gasteiger partial charge on any atom is 0.193 e. The highest BCUT2D eigenvalue weighted by Crippen LogP contribution is 2.44. The minimum absolute atomic E-state index is 0. The van der Waals surface area contributed by atoms with Crippen molar-refractivity contribution in [2.75, 3.05) is 47.0 Å². The summed E-state index contributed by atoms with van der Waals surface area (Å²) in [4.78, 5) is 7.04. The fraction of sp³-hybridized carbons (Fsp3) is 0.682. The molecule has 0 radical (unpaired) electrons. The Labute approximate surface area is 186 Å². The molecule has 1 spiro atoms. The summed E-state index contributed by atoms with van der Waals surface area (Å²) in [5.74, 6) is 2.05. The number of methoxy groups -OCH3 is 1. The summed E-state index contributed by atoms with van der Waals surface area (Å²) in [5, 5.41) is 3.73. The van der Waals surface area contributed by atoms with E-state index in [4.69, 9.17) is 9.47 Å². The zero-order chi connectivity index (χ0) is 18.7. The molecule has 1 aromatic carbocycles. The normalized spacial score (nSPS) is 26.5. The lowest BCUT2D eigenvalue weighted by Gasteiger charge is -2.33. The summed E-state index contributed by atoms with van der Waals surface area (Å²) in [7, 11) is 3.68. The van der Waals surface area contributed by atoms with E-state index in [1.54, 1.807) is 7.11 Å². The van der Waals surface area contributed by atoms with Crippen molar-refractivity contribution in [1.82, 2.24) is 10.2 Å². The molecule has 0 amide bonds. The quantitative estimate of drug-likeness (QED) is 0.389. The Balaban J connectivity index is 0.00000225. The lowest BCUT2D eigenvalue weighted by Crippen LogP contribution is -2.46. The Kier molecular flexibility index (Phi) is 7.12. The van der Waals surface area contributed by atoms with Crippen LogP contribution in [0.15, 0.2) is 29.3 Å². The Bertz CT molecular complexity index is 682. The van der Waals surface area contributed by atoms with E-state index in [0.29, 0.717) is 5.41 Å². The van der Waals surface area contributed by atoms with E-state index >= 15 is 0 Å². The second-order valence-corrected chi connectivity index (χ2v) is 8.56. The first-order chi connectivity index (χ1) is 13.2. The molecule has 1 aliphatic carbocycles. The molecule has 28 heavy (non-hydrogen) atoms. The molecule has 2 aliphatic heterocycles. The molecule has 1 saturated carbocycles. The van der Waals surface area contributed by atoms with Gasteiger partial charge in [-0.25, -0.2) is 0 Å². The van der Waals surface area contributed by atoms with Crippen LogP contribution in [0.25, 0.3) is 0 Å². The van der Waals surface area contributed by atoms with E-state index in [-0.39, 0.29) is 29.4 Å². The van der Waals surface area contributed by atoms with Gasteiger partial charge in [0.1, 0.15) is 5.75 Å². The van der Waals surface area contributed by atoms with Gasteiger partial charge in [0.2, 0.25) is 0 Å². The Hall–Kier alpha value is -1.02. The third kappa shape index (κ3) is 4.13. The zero-order valence-corrected chi connectivity index (χ0v) is 19.5. The fourth-order valence-electron chi connectivity index (χ4n) is 5.34. The topological polar surface area (TPSA) is 46.1 Å². The van der Waals surface area contributed by atoms with E-state index < -0.39 is 0 Å². The van der Waals surface area contributed by atoms with Crippen molar-refractivity contribution >= 4 is 29.9 Å². The number of nitrogens with one attached hydrogen (secondary N) is 1. The van der Waals surface area contributed by atoms with E-state index in [2.05, 4.69) is 39.5 Å². The molecular formula is C22H34IN3O2. The van der Waals surface area contributed by atoms with Gasteiger partial charge in [-0.1, -0.05) is 31.0 Å². The molecule has 1 aromatic rings. The van der Waals surface area contributed by atoms with E-state index in [9.17, 15) is 0 Å². The number of nitrogens with zero attached hydrogens (tertiary/aromatic N) is 2. The van der Waals surface area contributed by atoms with Crippen molar-refractivity contribution in [3.05, 3.63) is 29.8 Å². The summed E-state index contributed by atoms with van der Waals surface area (Å²) in [6.45, 7) is 4.88. The highest BCUT2D eigenvalue weighted by molar-refractivity contribution is 14.0. The van der Waals surface area contributed by atoms with Gasteiger partial charge in [-0.05, 0) is 31.7 Å². The summed E-state index contributed by atoms with van der Waals surface area (Å²) >= 11 is 0. The molecule has 1 atom stereocenters. The number of para-hydroxylation sites is 1. The van der Waals surface area contributed by atoms with Gasteiger partial charge in [-0.2, -0.15) is 0 Å². The highest BCUT2D eigenvalue weighted by Gasteiger charge is 2.43. The second-order valence-electron chi connectivity index (χ2n) is 8.56. The van der Waals surface area contributed by atoms with Crippen LogP contribution in [0, 0.1) is 5.41 Å². The molecule has 0 bridgehead atoms. The van der Waals surface area contributed by atoms with Gasteiger partial charge < -0.3 is 19.7 Å². The maximum atomic E-state index is 5.70. The summed E-state index contributed by atoms with van der Waals surface area (Å²) in [5.41, 5.74) is 1.83. The molecule has 156 valence electrons. The SMILES string of the molecule is CN=C(NCC1(c2ccccc2OC)CCCC1)N1CCC2(CCOC2)C1.I. The van der Waals surface area contributed by atoms with Crippen molar-refractivity contribution < 1.29 is 9.47 Å². The number of ether oxygens (including phenoxy) is 2. The minimum atomic E-state index is 0. The van der Waals surface area contributed by atoms with E-state index in [1.165, 1.54) is 44.1 Å². The minimum Gasteiger partial charge on any atom is -0.496 e. The number of benzene rings is 1. The van der Waals surface area contributed by atoms with Crippen molar-refractivity contribution in [2.24, 2.45) is 10.4 Å². The summed E-state index contributed by atoms with van der Waals surface area (Å²) < 4.78 is 11.4. The lowest BCUT2D eigenvalue weighted by molar-refractivity contribution is 0.156. The standard InChI is InChI=1S/C22H33N3O2.HI/c1-23-20(25-13-11-21(16-25)12-14-27-17-21)24-15-22(9-5-6-10-22)18-7-3-4-8-19(18)26-2;/h3-4,7-8H,5-6,9-17H2,1-2H3,(H,23,24);1H. The third-order valence-electron chi connectivity index (χ3n) is 6.96. The van der Waals surface area contributed by atoms with Crippen LogP contribution in [0.2, 0.25) is 0 Å². The van der Waals surface area contributed by atoms with Crippen LogP contribution in [-0.2, 0) is 10.2 Å². The highest BCUT2D eigenvalue weighted by atomic mass is 127. The van der Waals surface area contributed by atoms with Crippen LogP contribution in [-0.4, -0.2) is 57.9 Å². The maximum absolute atomic E-state index is 5.70. The van der Waals surface area contributed by atoms with Gasteiger partial charge >= 0.3 is 0 Å². The van der Waals surface area contributed by atoms with Crippen molar-refractivity contribution in [3.63, 3.8) is 0 Å². The van der Waals surface area contributed by atoms with Gasteiger partial charge in [0.05, 0.1) is 13.7 Å². The molecule has 2 saturated heterocycles. The number of halogens is 1. The van der Waals surface area contributed by atoms with Gasteiger partial charge in [-0.3, -0.25) is 4.99 Å².